The highest BCUT2D eigenvalue weighted by Gasteiger charge is 2.21. The lowest BCUT2D eigenvalue weighted by Crippen LogP contribution is -2.30. The molecule has 1 aromatic heterocycles. The zero-order valence-corrected chi connectivity index (χ0v) is 24.0. The summed E-state index contributed by atoms with van der Waals surface area (Å²) in [5.41, 5.74) is 1.55. The molecule has 0 saturated carbocycles. The fourth-order valence-electron chi connectivity index (χ4n) is 4.08. The summed E-state index contributed by atoms with van der Waals surface area (Å²) in [6, 6.07) is 18.4. The fourth-order valence-corrected chi connectivity index (χ4v) is 5.14. The zero-order valence-electron chi connectivity index (χ0n) is 23.1. The van der Waals surface area contributed by atoms with Gasteiger partial charge < -0.3 is 14.8 Å². The summed E-state index contributed by atoms with van der Waals surface area (Å²) in [4.78, 5) is 35.0. The smallest absolute Gasteiger partial charge is 0.270 e. The molecule has 13 nitrogen and oxygen atoms in total. The number of nitro benzene ring substituents is 1. The zero-order chi connectivity index (χ0) is 30.8. The SMILES string of the molecule is COc1cccc(C(=O)NCCOc2cc(Cn3cccn3)ccc2CCC(=O)NS(=O)(=O)c2cccc([N+](=O)[O-])c2)c1. The first-order chi connectivity index (χ1) is 20.6. The van der Waals surface area contributed by atoms with Gasteiger partial charge in [0.25, 0.3) is 21.6 Å². The third-order valence-electron chi connectivity index (χ3n) is 6.22. The highest BCUT2D eigenvalue weighted by molar-refractivity contribution is 7.90. The second-order valence-corrected chi connectivity index (χ2v) is 10.9. The second-order valence-electron chi connectivity index (χ2n) is 9.27. The van der Waals surface area contributed by atoms with Crippen molar-refractivity contribution in [3.63, 3.8) is 0 Å². The molecule has 2 amide bonds. The summed E-state index contributed by atoms with van der Waals surface area (Å²) in [7, 11) is -2.80. The van der Waals surface area contributed by atoms with E-state index in [2.05, 4.69) is 10.4 Å². The monoisotopic (exact) mass is 607 g/mol. The van der Waals surface area contributed by atoms with Crippen molar-refractivity contribution >= 4 is 27.5 Å². The van der Waals surface area contributed by atoms with Crippen LogP contribution in [0.4, 0.5) is 5.69 Å². The van der Waals surface area contributed by atoms with E-state index >= 15 is 0 Å². The fraction of sp³-hybridized carbons (Fsp3) is 0.207. The molecular weight excluding hydrogens is 578 g/mol. The quantitative estimate of drug-likeness (QED) is 0.124. The summed E-state index contributed by atoms with van der Waals surface area (Å²) < 4.78 is 40.1. The van der Waals surface area contributed by atoms with Crippen LogP contribution in [-0.2, 0) is 27.8 Å². The molecule has 1 heterocycles. The van der Waals surface area contributed by atoms with Crippen LogP contribution >= 0.6 is 0 Å². The van der Waals surface area contributed by atoms with E-state index in [0.717, 1.165) is 17.7 Å². The first kappa shape index (κ1) is 30.7. The molecule has 4 rings (SSSR count). The summed E-state index contributed by atoms with van der Waals surface area (Å²) in [5.74, 6) is -0.0560. The second kappa shape index (κ2) is 14.1. The number of hydrogen-bond donors (Lipinski definition) is 2. The molecular formula is C29H29N5O8S. The summed E-state index contributed by atoms with van der Waals surface area (Å²) in [6.45, 7) is 0.792. The van der Waals surface area contributed by atoms with Gasteiger partial charge in [-0.25, -0.2) is 13.1 Å². The minimum absolute atomic E-state index is 0.126. The normalized spacial score (nSPS) is 11.0. The van der Waals surface area contributed by atoms with Crippen molar-refractivity contribution < 1.29 is 32.4 Å². The van der Waals surface area contributed by atoms with Gasteiger partial charge in [-0.15, -0.1) is 0 Å². The number of carbonyl (C=O) groups excluding carboxylic acids is 2. The molecule has 0 unspecified atom stereocenters. The van der Waals surface area contributed by atoms with Gasteiger partial charge in [0.2, 0.25) is 5.91 Å². The van der Waals surface area contributed by atoms with E-state index in [1.807, 2.05) is 17.0 Å². The lowest BCUT2D eigenvalue weighted by Gasteiger charge is -2.14. The van der Waals surface area contributed by atoms with Crippen LogP contribution in [0, 0.1) is 10.1 Å². The Balaban J connectivity index is 1.40. The Morgan fingerprint density at radius 3 is 2.60 bits per heavy atom. The maximum atomic E-state index is 12.6. The number of hydrogen-bond acceptors (Lipinski definition) is 9. The van der Waals surface area contributed by atoms with Crippen LogP contribution in [0.15, 0.2) is 90.1 Å². The van der Waals surface area contributed by atoms with E-state index in [4.69, 9.17) is 9.47 Å². The number of methoxy groups -OCH3 is 1. The number of nitrogens with zero attached hydrogens (tertiary/aromatic N) is 3. The Hall–Kier alpha value is -5.24. The van der Waals surface area contributed by atoms with Crippen molar-refractivity contribution in [3.8, 4) is 11.5 Å². The largest absolute Gasteiger partial charge is 0.497 e. The number of ether oxygens (including phenoxy) is 2. The number of sulfonamides is 1. The van der Waals surface area contributed by atoms with Gasteiger partial charge >= 0.3 is 0 Å². The van der Waals surface area contributed by atoms with Crippen molar-refractivity contribution in [1.82, 2.24) is 19.8 Å². The third kappa shape index (κ3) is 8.63. The average Bonchev–Trinajstić information content (AvgIpc) is 3.51. The molecule has 0 bridgehead atoms. The number of carbonyl (C=O) groups is 2. The van der Waals surface area contributed by atoms with E-state index in [0.29, 0.717) is 29.2 Å². The van der Waals surface area contributed by atoms with E-state index < -0.39 is 31.4 Å². The van der Waals surface area contributed by atoms with Crippen LogP contribution in [0.1, 0.15) is 27.9 Å². The Morgan fingerprint density at radius 1 is 1.05 bits per heavy atom. The predicted molar refractivity (Wildman–Crippen MR) is 155 cm³/mol. The summed E-state index contributed by atoms with van der Waals surface area (Å²) in [6.07, 6.45) is 3.42. The number of aromatic nitrogens is 2. The average molecular weight is 608 g/mol. The molecule has 3 aromatic carbocycles. The van der Waals surface area contributed by atoms with Crippen molar-refractivity contribution in [3.05, 3.63) is 112 Å². The van der Waals surface area contributed by atoms with Crippen LogP contribution in [0.5, 0.6) is 11.5 Å². The number of aryl methyl sites for hydroxylation is 1. The van der Waals surface area contributed by atoms with Gasteiger partial charge in [0, 0.05) is 36.5 Å². The molecule has 0 aliphatic heterocycles. The molecule has 0 aliphatic carbocycles. The molecule has 0 aliphatic rings. The molecule has 0 atom stereocenters. The van der Waals surface area contributed by atoms with Crippen LogP contribution in [0.25, 0.3) is 0 Å². The van der Waals surface area contributed by atoms with Crippen molar-refractivity contribution in [2.24, 2.45) is 0 Å². The van der Waals surface area contributed by atoms with Gasteiger partial charge in [-0.3, -0.25) is 24.4 Å². The first-order valence-electron chi connectivity index (χ1n) is 13.1. The summed E-state index contributed by atoms with van der Waals surface area (Å²) >= 11 is 0. The van der Waals surface area contributed by atoms with Crippen LogP contribution in [-0.4, -0.2) is 55.2 Å². The number of nitro groups is 1. The Labute approximate surface area is 247 Å². The van der Waals surface area contributed by atoms with Gasteiger partial charge in [-0.2, -0.15) is 5.10 Å². The van der Waals surface area contributed by atoms with Crippen LogP contribution in [0.2, 0.25) is 0 Å². The Bertz CT molecular complexity index is 1710. The van der Waals surface area contributed by atoms with Crippen molar-refractivity contribution in [2.75, 3.05) is 20.3 Å². The first-order valence-corrected chi connectivity index (χ1v) is 14.6. The molecule has 4 aromatic rings. The highest BCUT2D eigenvalue weighted by atomic mass is 32.2. The standard InChI is InChI=1S/C29H29N5O8S/c1-41-25-7-2-5-23(18-25)29(36)30-14-16-42-27-17-21(20-33-15-4-13-31-33)9-10-22(27)11-12-28(35)32-43(39,40)26-8-3-6-24(19-26)34(37)38/h2-10,13,15,17-19H,11-12,14,16,20H2,1H3,(H,30,36)(H,32,35). The van der Waals surface area contributed by atoms with Gasteiger partial charge in [0.05, 0.1) is 30.0 Å². The van der Waals surface area contributed by atoms with Crippen molar-refractivity contribution in [2.45, 2.75) is 24.3 Å². The molecule has 0 spiro atoms. The van der Waals surface area contributed by atoms with E-state index in [-0.39, 0.29) is 31.9 Å². The maximum absolute atomic E-state index is 12.6. The lowest BCUT2D eigenvalue weighted by atomic mass is 10.1. The summed E-state index contributed by atoms with van der Waals surface area (Å²) in [5, 5.41) is 18.0. The van der Waals surface area contributed by atoms with Gasteiger partial charge in [0.1, 0.15) is 18.1 Å². The molecule has 0 fully saturated rings. The van der Waals surface area contributed by atoms with Gasteiger partial charge in [0.15, 0.2) is 0 Å². The van der Waals surface area contributed by atoms with Crippen LogP contribution < -0.4 is 19.5 Å². The topological polar surface area (TPSA) is 172 Å². The Morgan fingerprint density at radius 2 is 1.86 bits per heavy atom. The number of amides is 2. The third-order valence-corrected chi connectivity index (χ3v) is 7.59. The van der Waals surface area contributed by atoms with Crippen molar-refractivity contribution in [1.29, 1.82) is 0 Å². The maximum Gasteiger partial charge on any atom is 0.270 e. The lowest BCUT2D eigenvalue weighted by molar-refractivity contribution is -0.385. The molecule has 43 heavy (non-hydrogen) atoms. The number of benzene rings is 3. The van der Waals surface area contributed by atoms with E-state index in [1.54, 1.807) is 53.3 Å². The van der Waals surface area contributed by atoms with E-state index in [9.17, 15) is 28.1 Å². The molecule has 0 saturated heterocycles. The number of nitrogens with one attached hydrogen (secondary N) is 2. The van der Waals surface area contributed by atoms with Gasteiger partial charge in [-0.05, 0) is 53.9 Å². The minimum Gasteiger partial charge on any atom is -0.497 e. The Kier molecular flexibility index (Phi) is 10.1. The molecule has 14 heteroatoms. The predicted octanol–water partition coefficient (Wildman–Crippen LogP) is 3.09. The van der Waals surface area contributed by atoms with Crippen LogP contribution in [0.3, 0.4) is 0 Å². The minimum atomic E-state index is -4.31. The molecule has 0 radical (unpaired) electrons. The van der Waals surface area contributed by atoms with E-state index in [1.165, 1.54) is 19.2 Å². The highest BCUT2D eigenvalue weighted by Crippen LogP contribution is 2.23. The molecule has 2 N–H and O–H groups in total. The number of rotatable bonds is 14. The number of non-ortho nitro benzene ring substituents is 1. The molecule has 224 valence electrons. The van der Waals surface area contributed by atoms with Gasteiger partial charge in [-0.1, -0.05) is 24.3 Å².